The smallest absolute Gasteiger partial charge is 0.415 e. The highest BCUT2D eigenvalue weighted by molar-refractivity contribution is 5.90. The molecular weight excluding hydrogens is 517 g/mol. The van der Waals surface area contributed by atoms with Crippen LogP contribution in [0.15, 0.2) is 30.7 Å². The van der Waals surface area contributed by atoms with Gasteiger partial charge in [0.2, 0.25) is 18.2 Å². The highest BCUT2D eigenvalue weighted by atomic mass is 19.4. The summed E-state index contributed by atoms with van der Waals surface area (Å²) in [5, 5.41) is 9.77. The van der Waals surface area contributed by atoms with Crippen LogP contribution in [0.2, 0.25) is 0 Å². The number of hydrogen-bond donors (Lipinski definition) is 2. The molecule has 3 aromatic heterocycles. The zero-order valence-corrected chi connectivity index (χ0v) is 20.1. The number of halogens is 5. The highest BCUT2D eigenvalue weighted by Gasteiger charge is 2.32. The average Bonchev–Trinajstić information content (AvgIpc) is 3.26. The van der Waals surface area contributed by atoms with E-state index in [9.17, 15) is 31.5 Å². The minimum Gasteiger partial charge on any atom is -0.415 e. The summed E-state index contributed by atoms with van der Waals surface area (Å²) >= 11 is 0. The molecule has 3 heterocycles. The lowest BCUT2D eigenvalue weighted by atomic mass is 9.90. The maximum absolute atomic E-state index is 13.0. The third-order valence-corrected chi connectivity index (χ3v) is 6.31. The van der Waals surface area contributed by atoms with Gasteiger partial charge in [-0.05, 0) is 37.8 Å². The monoisotopic (exact) mass is 541 g/mol. The molecule has 10 nitrogen and oxygen atoms in total. The molecule has 1 fully saturated rings. The van der Waals surface area contributed by atoms with E-state index < -0.39 is 24.3 Å². The van der Waals surface area contributed by atoms with Gasteiger partial charge in [0.25, 0.3) is 0 Å². The molecule has 1 saturated carbocycles. The molecule has 204 valence electrons. The molecule has 0 spiro atoms. The Morgan fingerprint density at radius 2 is 1.95 bits per heavy atom. The van der Waals surface area contributed by atoms with E-state index in [0.717, 1.165) is 11.0 Å². The molecule has 0 saturated heterocycles. The number of aromatic nitrogens is 4. The first-order valence-electron chi connectivity index (χ1n) is 11.6. The Bertz CT molecular complexity index is 1280. The molecule has 15 heteroatoms. The van der Waals surface area contributed by atoms with Crippen LogP contribution in [0.25, 0.3) is 11.0 Å². The van der Waals surface area contributed by atoms with Crippen LogP contribution in [0.4, 0.5) is 33.3 Å². The number of amides is 2. The van der Waals surface area contributed by atoms with Gasteiger partial charge in [0, 0.05) is 25.3 Å². The number of alkyl halides is 5. The molecule has 4 rings (SSSR count). The average molecular weight is 541 g/mol. The lowest BCUT2D eigenvalue weighted by Gasteiger charge is -2.35. The zero-order chi connectivity index (χ0) is 27.4. The molecule has 0 aliphatic heterocycles. The van der Waals surface area contributed by atoms with E-state index in [2.05, 4.69) is 30.2 Å². The van der Waals surface area contributed by atoms with E-state index in [0.29, 0.717) is 55.0 Å². The fourth-order valence-corrected chi connectivity index (χ4v) is 4.38. The Hall–Kier alpha value is -4.04. The van der Waals surface area contributed by atoms with Gasteiger partial charge in [0.15, 0.2) is 5.65 Å². The number of likely N-dealkylation sites (N-methyl/N-ethyl adjacent to an activating group) is 1. The van der Waals surface area contributed by atoms with E-state index in [-0.39, 0.29) is 30.2 Å². The van der Waals surface area contributed by atoms with Crippen molar-refractivity contribution in [2.45, 2.75) is 50.6 Å². The Kier molecular flexibility index (Phi) is 7.92. The normalized spacial score (nSPS) is 17.9. The van der Waals surface area contributed by atoms with Gasteiger partial charge in [0.05, 0.1) is 41.3 Å². The molecule has 2 N–H and O–H groups in total. The van der Waals surface area contributed by atoms with Crippen molar-refractivity contribution >= 4 is 34.7 Å². The van der Waals surface area contributed by atoms with E-state index in [4.69, 9.17) is 0 Å². The summed E-state index contributed by atoms with van der Waals surface area (Å²) in [6.07, 6.45) is 1.50. The molecule has 1 aliphatic carbocycles. The number of anilines is 2. The Balaban J connectivity index is 1.33. The number of ether oxygens (including phenoxy) is 1. The summed E-state index contributed by atoms with van der Waals surface area (Å²) in [5.74, 6) is -0.807. The number of H-pyrrole nitrogens is 1. The van der Waals surface area contributed by atoms with Gasteiger partial charge < -0.3 is 15.0 Å². The topological polar surface area (TPSA) is 116 Å². The van der Waals surface area contributed by atoms with Gasteiger partial charge in [-0.1, -0.05) is 0 Å². The molecule has 0 unspecified atom stereocenters. The van der Waals surface area contributed by atoms with Crippen LogP contribution < -0.4 is 15.0 Å². The van der Waals surface area contributed by atoms with Crippen LogP contribution in [0, 0.1) is 0 Å². The first-order chi connectivity index (χ1) is 18.0. The quantitative estimate of drug-likeness (QED) is 0.310. The molecule has 0 aromatic carbocycles. The van der Waals surface area contributed by atoms with Gasteiger partial charge in [-0.25, -0.2) is 4.98 Å². The van der Waals surface area contributed by atoms with E-state index >= 15 is 0 Å². The number of carbonyl (C=O) groups excluding carboxylic acids is 2. The molecule has 38 heavy (non-hydrogen) atoms. The van der Waals surface area contributed by atoms with Crippen LogP contribution in [-0.2, 0) is 15.8 Å². The van der Waals surface area contributed by atoms with Crippen molar-refractivity contribution in [3.8, 4) is 5.88 Å². The number of carbonyl (C=O) groups is 2. The van der Waals surface area contributed by atoms with Crippen LogP contribution >= 0.6 is 0 Å². The zero-order valence-electron chi connectivity index (χ0n) is 20.1. The van der Waals surface area contributed by atoms with Crippen molar-refractivity contribution in [2.24, 2.45) is 0 Å². The van der Waals surface area contributed by atoms with Crippen LogP contribution in [0.5, 0.6) is 5.88 Å². The number of nitrogens with zero attached hydrogens (tertiary/aromatic N) is 5. The first kappa shape index (κ1) is 27.0. The van der Waals surface area contributed by atoms with Gasteiger partial charge >= 0.3 is 12.8 Å². The standard InChI is InChI=1S/C23H24F5N7O3/c1-34(17-6-13(8-29-10-17)23(26,27)28)11-19(37)35(12-36)16-4-2-14(3-5-16)31-15-7-18-20(30-9-15)32-33-21(18)38-22(24)25/h6-10,12,14,16,22,31H,2-5,11H2,1H3,(H,30,32,33). The first-order valence-corrected chi connectivity index (χ1v) is 11.6. The number of rotatable bonds is 9. The van der Waals surface area contributed by atoms with Gasteiger partial charge in [-0.2, -0.15) is 22.0 Å². The Morgan fingerprint density at radius 3 is 2.61 bits per heavy atom. The van der Waals surface area contributed by atoms with Crippen LogP contribution in [-0.4, -0.2) is 69.7 Å². The number of pyridine rings is 2. The number of imide groups is 1. The summed E-state index contributed by atoms with van der Waals surface area (Å²) in [5.41, 5.74) is 0.0199. The number of aromatic amines is 1. The third kappa shape index (κ3) is 6.26. The van der Waals surface area contributed by atoms with Crippen LogP contribution in [0.1, 0.15) is 31.2 Å². The Morgan fingerprint density at radius 1 is 1.21 bits per heavy atom. The molecule has 3 aromatic rings. The van der Waals surface area contributed by atoms with Gasteiger partial charge in [-0.15, -0.1) is 5.10 Å². The molecule has 2 amide bonds. The van der Waals surface area contributed by atoms with E-state index in [1.54, 1.807) is 6.07 Å². The molecule has 0 bridgehead atoms. The second-order valence-electron chi connectivity index (χ2n) is 8.87. The third-order valence-electron chi connectivity index (χ3n) is 6.31. The number of nitrogens with one attached hydrogen (secondary N) is 2. The van der Waals surface area contributed by atoms with E-state index in [1.165, 1.54) is 24.3 Å². The molecule has 0 radical (unpaired) electrons. The van der Waals surface area contributed by atoms with Crippen molar-refractivity contribution in [1.82, 2.24) is 25.1 Å². The second-order valence-corrected chi connectivity index (χ2v) is 8.87. The number of hydrogen-bond acceptors (Lipinski definition) is 8. The maximum Gasteiger partial charge on any atom is 0.417 e. The maximum atomic E-state index is 13.0. The molecular formula is C23H24F5N7O3. The number of fused-ring (bicyclic) bond motifs is 1. The lowest BCUT2D eigenvalue weighted by molar-refractivity contribution is -0.140. The summed E-state index contributed by atoms with van der Waals surface area (Å²) in [6.45, 7) is -3.34. The predicted molar refractivity (Wildman–Crippen MR) is 126 cm³/mol. The van der Waals surface area contributed by atoms with Gasteiger partial charge in [-0.3, -0.25) is 24.6 Å². The van der Waals surface area contributed by atoms with Crippen molar-refractivity contribution in [3.63, 3.8) is 0 Å². The highest BCUT2D eigenvalue weighted by Crippen LogP contribution is 2.31. The molecule has 1 aliphatic rings. The summed E-state index contributed by atoms with van der Waals surface area (Å²) in [6, 6.07) is 2.08. The summed E-state index contributed by atoms with van der Waals surface area (Å²) in [4.78, 5) is 34.7. The van der Waals surface area contributed by atoms with Crippen molar-refractivity contribution in [1.29, 1.82) is 0 Å². The minimum absolute atomic E-state index is 0.0284. The summed E-state index contributed by atoms with van der Waals surface area (Å²) < 4.78 is 68.5. The Labute approximate surface area is 213 Å². The molecule has 0 atom stereocenters. The largest absolute Gasteiger partial charge is 0.417 e. The second kappa shape index (κ2) is 11.1. The fraction of sp³-hybridized carbons (Fsp3) is 0.435. The predicted octanol–water partition coefficient (Wildman–Crippen LogP) is 3.82. The van der Waals surface area contributed by atoms with Crippen LogP contribution in [0.3, 0.4) is 0 Å². The summed E-state index contributed by atoms with van der Waals surface area (Å²) in [7, 11) is 1.45. The van der Waals surface area contributed by atoms with Crippen molar-refractivity contribution in [3.05, 3.63) is 36.3 Å². The van der Waals surface area contributed by atoms with Crippen molar-refractivity contribution in [2.75, 3.05) is 23.8 Å². The van der Waals surface area contributed by atoms with Crippen molar-refractivity contribution < 1.29 is 36.3 Å². The minimum atomic E-state index is -4.57. The fourth-order valence-electron chi connectivity index (χ4n) is 4.38. The SMILES string of the molecule is CN(CC(=O)N(C=O)C1CCC(Nc2cnc3[nH]nc(OC(F)F)c3c2)CC1)c1cncc(C(F)(F)F)c1. The van der Waals surface area contributed by atoms with Gasteiger partial charge in [0.1, 0.15) is 0 Å². The van der Waals surface area contributed by atoms with E-state index in [1.807, 2.05) is 0 Å². The lowest BCUT2D eigenvalue weighted by Crippen LogP contribution is -2.46.